The van der Waals surface area contributed by atoms with E-state index in [-0.39, 0.29) is 23.7 Å². The third-order valence-electron chi connectivity index (χ3n) is 2.87. The largest absolute Gasteiger partial charge is 0.396 e. The first-order valence-electron chi connectivity index (χ1n) is 5.30. The fraction of sp³-hybridized carbons (Fsp3) is 0.400. The van der Waals surface area contributed by atoms with E-state index in [2.05, 4.69) is 10.4 Å². The van der Waals surface area contributed by atoms with Gasteiger partial charge in [-0.2, -0.15) is 5.10 Å². The standard InChI is InChI=1S/C10H13N5O3/c1-14-7(16)3-6(10(14)18)13-9(17)8-5(11)4-12-15(8)2/h4,6H,3,11H2,1-2H3,(H,13,17). The second-order valence-corrected chi connectivity index (χ2v) is 4.09. The van der Waals surface area contributed by atoms with Crippen LogP contribution in [0.15, 0.2) is 6.20 Å². The number of likely N-dealkylation sites (tertiary alicyclic amines) is 1. The summed E-state index contributed by atoms with van der Waals surface area (Å²) in [6, 6.07) is -0.829. The van der Waals surface area contributed by atoms with Gasteiger partial charge in [-0.3, -0.25) is 24.0 Å². The third-order valence-corrected chi connectivity index (χ3v) is 2.87. The second-order valence-electron chi connectivity index (χ2n) is 4.09. The molecule has 8 nitrogen and oxygen atoms in total. The molecular formula is C10H13N5O3. The van der Waals surface area contributed by atoms with Crippen molar-refractivity contribution in [1.29, 1.82) is 0 Å². The Balaban J connectivity index is 2.14. The molecule has 96 valence electrons. The molecule has 1 aromatic rings. The number of nitrogen functional groups attached to an aromatic ring is 1. The highest BCUT2D eigenvalue weighted by atomic mass is 16.2. The lowest BCUT2D eigenvalue weighted by Gasteiger charge is -2.11. The van der Waals surface area contributed by atoms with Crippen molar-refractivity contribution < 1.29 is 14.4 Å². The van der Waals surface area contributed by atoms with E-state index in [1.807, 2.05) is 0 Å². The average molecular weight is 251 g/mol. The highest BCUT2D eigenvalue weighted by Crippen LogP contribution is 2.13. The molecule has 2 heterocycles. The molecule has 1 atom stereocenters. The number of rotatable bonds is 2. The lowest BCUT2D eigenvalue weighted by Crippen LogP contribution is -2.41. The Kier molecular flexibility index (Phi) is 2.77. The highest BCUT2D eigenvalue weighted by Gasteiger charge is 2.37. The van der Waals surface area contributed by atoms with E-state index in [1.54, 1.807) is 7.05 Å². The molecule has 0 spiro atoms. The molecule has 0 bridgehead atoms. The number of amides is 3. The molecule has 0 aromatic carbocycles. The van der Waals surface area contributed by atoms with E-state index in [0.717, 1.165) is 4.90 Å². The van der Waals surface area contributed by atoms with Gasteiger partial charge in [-0.1, -0.05) is 0 Å². The summed E-state index contributed by atoms with van der Waals surface area (Å²) in [5.41, 5.74) is 5.99. The monoisotopic (exact) mass is 251 g/mol. The molecule has 18 heavy (non-hydrogen) atoms. The zero-order valence-electron chi connectivity index (χ0n) is 10.0. The van der Waals surface area contributed by atoms with Crippen LogP contribution in [0.1, 0.15) is 16.9 Å². The number of aromatic nitrogens is 2. The third kappa shape index (κ3) is 1.81. The van der Waals surface area contributed by atoms with Crippen molar-refractivity contribution in [2.75, 3.05) is 12.8 Å². The first kappa shape index (κ1) is 12.1. The van der Waals surface area contributed by atoms with Crippen molar-refractivity contribution in [2.45, 2.75) is 12.5 Å². The highest BCUT2D eigenvalue weighted by molar-refractivity contribution is 6.08. The number of hydrogen-bond acceptors (Lipinski definition) is 5. The number of anilines is 1. The van der Waals surface area contributed by atoms with Gasteiger partial charge in [-0.15, -0.1) is 0 Å². The summed E-state index contributed by atoms with van der Waals surface area (Å²) in [6.45, 7) is 0. The van der Waals surface area contributed by atoms with Crippen LogP contribution in [0.2, 0.25) is 0 Å². The zero-order chi connectivity index (χ0) is 13.4. The number of imide groups is 1. The van der Waals surface area contributed by atoms with Gasteiger partial charge in [-0.05, 0) is 0 Å². The van der Waals surface area contributed by atoms with Crippen molar-refractivity contribution in [1.82, 2.24) is 20.0 Å². The van der Waals surface area contributed by atoms with Crippen LogP contribution in [0.3, 0.4) is 0 Å². The summed E-state index contributed by atoms with van der Waals surface area (Å²) in [6.07, 6.45) is 1.32. The predicted molar refractivity (Wildman–Crippen MR) is 61.3 cm³/mol. The Bertz CT molecular complexity index is 516. The fourth-order valence-corrected chi connectivity index (χ4v) is 1.83. The van der Waals surface area contributed by atoms with Crippen LogP contribution >= 0.6 is 0 Å². The van der Waals surface area contributed by atoms with E-state index in [9.17, 15) is 14.4 Å². The van der Waals surface area contributed by atoms with Crippen LogP contribution in [0.5, 0.6) is 0 Å². The maximum Gasteiger partial charge on any atom is 0.272 e. The summed E-state index contributed by atoms with van der Waals surface area (Å²) >= 11 is 0. The van der Waals surface area contributed by atoms with Gasteiger partial charge in [0.2, 0.25) is 5.91 Å². The Morgan fingerprint density at radius 1 is 1.50 bits per heavy atom. The summed E-state index contributed by atoms with van der Waals surface area (Å²) in [4.78, 5) is 35.9. The van der Waals surface area contributed by atoms with E-state index in [0.29, 0.717) is 0 Å². The van der Waals surface area contributed by atoms with Crippen LogP contribution in [0.4, 0.5) is 5.69 Å². The summed E-state index contributed by atoms with van der Waals surface area (Å²) < 4.78 is 1.32. The van der Waals surface area contributed by atoms with E-state index < -0.39 is 17.9 Å². The molecule has 1 fully saturated rings. The first-order chi connectivity index (χ1) is 8.41. The molecule has 1 aliphatic rings. The van der Waals surface area contributed by atoms with Gasteiger partial charge in [0.1, 0.15) is 11.7 Å². The molecule has 1 unspecified atom stereocenters. The topological polar surface area (TPSA) is 110 Å². The normalized spacial score (nSPS) is 19.4. The first-order valence-corrected chi connectivity index (χ1v) is 5.30. The molecule has 3 amide bonds. The molecule has 0 saturated carbocycles. The minimum atomic E-state index is -0.829. The molecule has 2 rings (SSSR count). The smallest absolute Gasteiger partial charge is 0.272 e. The number of nitrogens with zero attached hydrogens (tertiary/aromatic N) is 3. The number of nitrogens with one attached hydrogen (secondary N) is 1. The van der Waals surface area contributed by atoms with E-state index in [4.69, 9.17) is 5.73 Å². The van der Waals surface area contributed by atoms with Gasteiger partial charge in [0.05, 0.1) is 18.3 Å². The van der Waals surface area contributed by atoms with Crippen LogP contribution in [0.25, 0.3) is 0 Å². The van der Waals surface area contributed by atoms with Crippen molar-refractivity contribution in [2.24, 2.45) is 7.05 Å². The average Bonchev–Trinajstić information content (AvgIpc) is 2.75. The Labute approximate surface area is 103 Å². The molecule has 1 saturated heterocycles. The number of likely N-dealkylation sites (N-methyl/N-ethyl adjacent to an activating group) is 1. The van der Waals surface area contributed by atoms with E-state index >= 15 is 0 Å². The van der Waals surface area contributed by atoms with Gasteiger partial charge in [0.25, 0.3) is 11.8 Å². The molecule has 0 aliphatic carbocycles. The lowest BCUT2D eigenvalue weighted by atomic mass is 10.2. The van der Waals surface area contributed by atoms with Gasteiger partial charge >= 0.3 is 0 Å². The Morgan fingerprint density at radius 3 is 2.61 bits per heavy atom. The van der Waals surface area contributed by atoms with Gasteiger partial charge in [-0.25, -0.2) is 0 Å². The molecule has 8 heteroatoms. The molecule has 1 aliphatic heterocycles. The SMILES string of the molecule is CN1C(=O)CC(NC(=O)c2c(N)cnn2C)C1=O. The second kappa shape index (κ2) is 4.13. The maximum absolute atomic E-state index is 11.9. The zero-order valence-corrected chi connectivity index (χ0v) is 10.0. The number of hydrogen-bond donors (Lipinski definition) is 2. The summed E-state index contributed by atoms with van der Waals surface area (Å²) in [5.74, 6) is -1.26. The predicted octanol–water partition coefficient (Wildman–Crippen LogP) is -1.51. The minimum Gasteiger partial charge on any atom is -0.396 e. The fourth-order valence-electron chi connectivity index (χ4n) is 1.83. The molecule has 3 N–H and O–H groups in total. The van der Waals surface area contributed by atoms with Gasteiger partial charge < -0.3 is 11.1 Å². The summed E-state index contributed by atoms with van der Waals surface area (Å²) in [5, 5.41) is 6.31. The van der Waals surface area contributed by atoms with Crippen molar-refractivity contribution in [3.05, 3.63) is 11.9 Å². The molecular weight excluding hydrogens is 238 g/mol. The summed E-state index contributed by atoms with van der Waals surface area (Å²) in [7, 11) is 2.95. The van der Waals surface area contributed by atoms with Gasteiger partial charge in [0, 0.05) is 14.1 Å². The minimum absolute atomic E-state index is 0.0289. The number of aryl methyl sites for hydroxylation is 1. The van der Waals surface area contributed by atoms with Crippen molar-refractivity contribution in [3.63, 3.8) is 0 Å². The van der Waals surface area contributed by atoms with Crippen LogP contribution < -0.4 is 11.1 Å². The van der Waals surface area contributed by atoms with Gasteiger partial charge in [0.15, 0.2) is 0 Å². The maximum atomic E-state index is 11.9. The van der Waals surface area contributed by atoms with Crippen molar-refractivity contribution >= 4 is 23.4 Å². The quantitative estimate of drug-likeness (QED) is 0.621. The molecule has 1 aromatic heterocycles. The Hall–Kier alpha value is -2.38. The molecule has 0 radical (unpaired) electrons. The van der Waals surface area contributed by atoms with Crippen LogP contribution in [0, 0.1) is 0 Å². The van der Waals surface area contributed by atoms with Crippen LogP contribution in [-0.2, 0) is 16.6 Å². The Morgan fingerprint density at radius 2 is 2.17 bits per heavy atom. The van der Waals surface area contributed by atoms with E-state index in [1.165, 1.54) is 17.9 Å². The lowest BCUT2D eigenvalue weighted by molar-refractivity contribution is -0.137. The number of nitrogens with two attached hydrogens (primary N) is 1. The number of carbonyl (C=O) groups excluding carboxylic acids is 3. The van der Waals surface area contributed by atoms with Crippen LogP contribution in [-0.4, -0.2) is 45.5 Å². The van der Waals surface area contributed by atoms with Crippen molar-refractivity contribution in [3.8, 4) is 0 Å². The number of carbonyl (C=O) groups is 3.